The molecule has 3 aromatic heterocycles. The number of amides is 1. The maximum atomic E-state index is 13.1. The SMILES string of the molecule is CCOc1ccc(CNC(=O)[C@H]2CCCN(c3nc4ncccc4n4cccc34)C2)cc1OC. The summed E-state index contributed by atoms with van der Waals surface area (Å²) in [6.45, 7) is 4.45. The largest absolute Gasteiger partial charge is 0.493 e. The number of aromatic nitrogens is 3. The number of fused-ring (bicyclic) bond motifs is 3. The smallest absolute Gasteiger partial charge is 0.225 e. The first-order valence-corrected chi connectivity index (χ1v) is 11.7. The zero-order valence-corrected chi connectivity index (χ0v) is 19.5. The van der Waals surface area contributed by atoms with Gasteiger partial charge in [0.2, 0.25) is 5.91 Å². The molecule has 1 atom stereocenters. The first-order chi connectivity index (χ1) is 16.7. The molecule has 1 N–H and O–H groups in total. The Morgan fingerprint density at radius 2 is 2.06 bits per heavy atom. The fraction of sp³-hybridized carbons (Fsp3) is 0.346. The fourth-order valence-corrected chi connectivity index (χ4v) is 4.64. The number of anilines is 1. The minimum Gasteiger partial charge on any atom is -0.493 e. The van der Waals surface area contributed by atoms with Crippen LogP contribution in [0.3, 0.4) is 0 Å². The summed E-state index contributed by atoms with van der Waals surface area (Å²) in [4.78, 5) is 24.6. The summed E-state index contributed by atoms with van der Waals surface area (Å²) >= 11 is 0. The molecular weight excluding hydrogens is 430 g/mol. The Labute approximate surface area is 198 Å². The van der Waals surface area contributed by atoms with Crippen LogP contribution in [0, 0.1) is 5.92 Å². The number of piperidine rings is 1. The quantitative estimate of drug-likeness (QED) is 0.453. The maximum absolute atomic E-state index is 13.1. The van der Waals surface area contributed by atoms with E-state index in [4.69, 9.17) is 14.5 Å². The number of nitrogens with zero attached hydrogens (tertiary/aromatic N) is 4. The number of hydrogen-bond acceptors (Lipinski definition) is 6. The van der Waals surface area contributed by atoms with E-state index in [0.717, 1.165) is 41.8 Å². The zero-order valence-electron chi connectivity index (χ0n) is 19.5. The van der Waals surface area contributed by atoms with Crippen molar-refractivity contribution < 1.29 is 14.3 Å². The van der Waals surface area contributed by atoms with Crippen molar-refractivity contribution in [2.24, 2.45) is 5.92 Å². The van der Waals surface area contributed by atoms with Gasteiger partial charge in [0.05, 0.1) is 30.7 Å². The predicted molar refractivity (Wildman–Crippen MR) is 131 cm³/mol. The second-order valence-electron chi connectivity index (χ2n) is 8.47. The Balaban J connectivity index is 1.30. The third-order valence-corrected chi connectivity index (χ3v) is 6.30. The van der Waals surface area contributed by atoms with Crippen molar-refractivity contribution in [2.45, 2.75) is 26.3 Å². The predicted octanol–water partition coefficient (Wildman–Crippen LogP) is 3.82. The molecule has 0 bridgehead atoms. The first-order valence-electron chi connectivity index (χ1n) is 11.7. The molecule has 1 aliphatic heterocycles. The van der Waals surface area contributed by atoms with Crippen molar-refractivity contribution in [3.63, 3.8) is 0 Å². The lowest BCUT2D eigenvalue weighted by Crippen LogP contribution is -2.43. The Bertz CT molecular complexity index is 1320. The normalized spacial score (nSPS) is 16.1. The number of benzene rings is 1. The topological polar surface area (TPSA) is 81.0 Å². The van der Waals surface area contributed by atoms with Crippen molar-refractivity contribution in [2.75, 3.05) is 31.7 Å². The van der Waals surface area contributed by atoms with Crippen molar-refractivity contribution in [3.05, 3.63) is 60.4 Å². The summed E-state index contributed by atoms with van der Waals surface area (Å²) in [5, 5.41) is 3.11. The van der Waals surface area contributed by atoms with Gasteiger partial charge in [0.15, 0.2) is 23.0 Å². The van der Waals surface area contributed by atoms with E-state index in [1.807, 2.05) is 49.5 Å². The summed E-state index contributed by atoms with van der Waals surface area (Å²) in [5.41, 5.74) is 3.68. The van der Waals surface area contributed by atoms with Gasteiger partial charge in [-0.25, -0.2) is 9.97 Å². The van der Waals surface area contributed by atoms with Gasteiger partial charge < -0.3 is 24.1 Å². The Morgan fingerprint density at radius 3 is 2.91 bits per heavy atom. The highest BCUT2D eigenvalue weighted by Gasteiger charge is 2.28. The van der Waals surface area contributed by atoms with Gasteiger partial charge in [0.25, 0.3) is 0 Å². The van der Waals surface area contributed by atoms with Crippen LogP contribution in [0.2, 0.25) is 0 Å². The van der Waals surface area contributed by atoms with Crippen LogP contribution in [0.1, 0.15) is 25.3 Å². The van der Waals surface area contributed by atoms with Gasteiger partial charge in [0, 0.05) is 32.0 Å². The number of nitrogens with one attached hydrogen (secondary N) is 1. The summed E-state index contributed by atoms with van der Waals surface area (Å²) in [6.07, 6.45) is 5.59. The van der Waals surface area contributed by atoms with E-state index in [1.165, 1.54) is 0 Å². The van der Waals surface area contributed by atoms with Crippen LogP contribution in [0.5, 0.6) is 11.5 Å². The van der Waals surface area contributed by atoms with Crippen molar-refractivity contribution >= 4 is 28.4 Å². The lowest BCUT2D eigenvalue weighted by atomic mass is 9.97. The number of ether oxygens (including phenoxy) is 2. The number of methoxy groups -OCH3 is 1. The molecule has 1 fully saturated rings. The molecule has 1 aliphatic rings. The lowest BCUT2D eigenvalue weighted by molar-refractivity contribution is -0.125. The minimum atomic E-state index is -0.102. The van der Waals surface area contributed by atoms with Crippen molar-refractivity contribution in [1.82, 2.24) is 19.7 Å². The van der Waals surface area contributed by atoms with E-state index >= 15 is 0 Å². The summed E-state index contributed by atoms with van der Waals surface area (Å²) in [6, 6.07) is 13.8. The summed E-state index contributed by atoms with van der Waals surface area (Å²) < 4.78 is 13.1. The van der Waals surface area contributed by atoms with Gasteiger partial charge in [-0.15, -0.1) is 0 Å². The van der Waals surface area contributed by atoms with Gasteiger partial charge in [0.1, 0.15) is 0 Å². The van der Waals surface area contributed by atoms with Gasteiger partial charge in [-0.05, 0) is 61.7 Å². The molecule has 4 heterocycles. The number of carbonyl (C=O) groups excluding carboxylic acids is 1. The van der Waals surface area contributed by atoms with Crippen molar-refractivity contribution in [1.29, 1.82) is 0 Å². The van der Waals surface area contributed by atoms with Gasteiger partial charge >= 0.3 is 0 Å². The molecule has 1 saturated heterocycles. The molecule has 5 rings (SSSR count). The summed E-state index contributed by atoms with van der Waals surface area (Å²) in [5.74, 6) is 2.21. The zero-order chi connectivity index (χ0) is 23.5. The van der Waals surface area contributed by atoms with Crippen LogP contribution in [0.25, 0.3) is 16.7 Å². The van der Waals surface area contributed by atoms with Gasteiger partial charge in [-0.3, -0.25) is 4.79 Å². The average Bonchev–Trinajstić information content (AvgIpc) is 3.38. The Kier molecular flexibility index (Phi) is 6.20. The highest BCUT2D eigenvalue weighted by Crippen LogP contribution is 2.30. The maximum Gasteiger partial charge on any atom is 0.225 e. The third-order valence-electron chi connectivity index (χ3n) is 6.30. The number of pyridine rings is 1. The Morgan fingerprint density at radius 1 is 1.18 bits per heavy atom. The van der Waals surface area contributed by atoms with E-state index in [-0.39, 0.29) is 11.8 Å². The molecular formula is C26H29N5O3. The van der Waals surface area contributed by atoms with E-state index < -0.39 is 0 Å². The minimum absolute atomic E-state index is 0.0582. The molecule has 1 aromatic carbocycles. The molecule has 176 valence electrons. The van der Waals surface area contributed by atoms with Gasteiger partial charge in [-0.1, -0.05) is 6.07 Å². The van der Waals surface area contributed by atoms with E-state index in [1.54, 1.807) is 13.3 Å². The second-order valence-corrected chi connectivity index (χ2v) is 8.47. The van der Waals surface area contributed by atoms with Crippen LogP contribution in [0.4, 0.5) is 5.82 Å². The van der Waals surface area contributed by atoms with Crippen LogP contribution >= 0.6 is 0 Å². The monoisotopic (exact) mass is 459 g/mol. The van der Waals surface area contributed by atoms with Crippen LogP contribution < -0.4 is 19.7 Å². The van der Waals surface area contributed by atoms with Crippen LogP contribution in [-0.4, -0.2) is 47.1 Å². The molecule has 8 heteroatoms. The molecule has 0 radical (unpaired) electrons. The number of carbonyl (C=O) groups is 1. The molecule has 0 spiro atoms. The molecule has 4 aromatic rings. The highest BCUT2D eigenvalue weighted by molar-refractivity contribution is 5.84. The van der Waals surface area contributed by atoms with Gasteiger partial charge in [-0.2, -0.15) is 0 Å². The molecule has 0 saturated carbocycles. The Hall–Kier alpha value is -3.81. The average molecular weight is 460 g/mol. The molecule has 34 heavy (non-hydrogen) atoms. The van der Waals surface area contributed by atoms with E-state index in [9.17, 15) is 4.79 Å². The molecule has 0 unspecified atom stereocenters. The number of hydrogen-bond donors (Lipinski definition) is 1. The molecule has 1 amide bonds. The van der Waals surface area contributed by atoms with E-state index in [2.05, 4.69) is 25.7 Å². The lowest BCUT2D eigenvalue weighted by Gasteiger charge is -2.33. The first kappa shape index (κ1) is 22.0. The molecule has 0 aliphatic carbocycles. The van der Waals surface area contributed by atoms with E-state index in [0.29, 0.717) is 36.8 Å². The number of rotatable bonds is 7. The summed E-state index contributed by atoms with van der Waals surface area (Å²) in [7, 11) is 1.62. The molecule has 8 nitrogen and oxygen atoms in total. The standard InChI is InChI=1S/C26H29N5O3/c1-3-34-22-11-10-18(15-23(22)33-2)16-28-26(32)19-7-5-13-30(17-19)25-21-9-6-14-31(21)20-8-4-12-27-24(20)29-25/h4,6,8-12,14-15,19H,3,5,7,13,16-17H2,1-2H3,(H,28,32)/t19-/m0/s1. The fourth-order valence-electron chi connectivity index (χ4n) is 4.64. The van der Waals surface area contributed by atoms with Crippen LogP contribution in [0.15, 0.2) is 54.9 Å². The van der Waals surface area contributed by atoms with Crippen LogP contribution in [-0.2, 0) is 11.3 Å². The second kappa shape index (κ2) is 9.59. The third kappa shape index (κ3) is 4.23. The highest BCUT2D eigenvalue weighted by atomic mass is 16.5. The van der Waals surface area contributed by atoms with Crippen molar-refractivity contribution in [3.8, 4) is 11.5 Å².